The van der Waals surface area contributed by atoms with E-state index >= 15 is 0 Å². The fraction of sp³-hybridized carbons (Fsp3) is 0.375. The number of hydrogen-bond donors (Lipinski definition) is 0. The van der Waals surface area contributed by atoms with Gasteiger partial charge >= 0.3 is 0 Å². The molecule has 0 amide bonds. The van der Waals surface area contributed by atoms with E-state index < -0.39 is 0 Å². The highest BCUT2D eigenvalue weighted by Crippen LogP contribution is 2.34. The first-order valence-electron chi connectivity index (χ1n) is 4.59. The summed E-state index contributed by atoms with van der Waals surface area (Å²) in [5.74, 6) is 0.879. The highest BCUT2D eigenvalue weighted by Gasteiger charge is 2.09. The molecule has 2 rings (SSSR count). The number of rotatable bonds is 4. The van der Waals surface area contributed by atoms with Crippen molar-refractivity contribution in [2.45, 2.75) is 24.1 Å². The van der Waals surface area contributed by atoms with E-state index in [-0.39, 0.29) is 0 Å². The molecular weight excluding hydrogens is 376 g/mol. The maximum atomic E-state index is 4.34. The van der Waals surface area contributed by atoms with Crippen molar-refractivity contribution in [3.05, 3.63) is 20.5 Å². The lowest BCUT2D eigenvalue weighted by Gasteiger charge is -1.93. The van der Waals surface area contributed by atoms with E-state index in [1.54, 1.807) is 21.8 Å². The maximum absolute atomic E-state index is 4.34. The molecule has 2 heterocycles. The van der Waals surface area contributed by atoms with Crippen molar-refractivity contribution in [3.63, 3.8) is 0 Å². The molecule has 0 unspecified atom stereocenters. The predicted molar refractivity (Wildman–Crippen MR) is 72.8 cm³/mol. The Kier molecular flexibility index (Phi) is 4.40. The number of nitrogens with zero attached hydrogens (tertiary/aromatic N) is 4. The van der Waals surface area contributed by atoms with Gasteiger partial charge in [0, 0.05) is 18.4 Å². The summed E-state index contributed by atoms with van der Waals surface area (Å²) in [6.45, 7) is 2.11. The quantitative estimate of drug-likeness (QED) is 0.805. The summed E-state index contributed by atoms with van der Waals surface area (Å²) < 4.78 is 4.48. The summed E-state index contributed by atoms with van der Waals surface area (Å²) in [7, 11) is 0. The van der Waals surface area contributed by atoms with Crippen molar-refractivity contribution < 1.29 is 0 Å². The third kappa shape index (κ3) is 3.06. The van der Waals surface area contributed by atoms with Crippen LogP contribution in [0, 0.1) is 0 Å². The van der Waals surface area contributed by atoms with Crippen molar-refractivity contribution in [1.29, 1.82) is 0 Å². The summed E-state index contributed by atoms with van der Waals surface area (Å²) in [6.07, 6.45) is 3.70. The van der Waals surface area contributed by atoms with E-state index in [9.17, 15) is 0 Å². The van der Waals surface area contributed by atoms with Gasteiger partial charge in [-0.05, 0) is 38.3 Å². The lowest BCUT2D eigenvalue weighted by Crippen LogP contribution is -1.90. The lowest BCUT2D eigenvalue weighted by atomic mass is 10.3. The Bertz CT molecular complexity index is 463. The van der Waals surface area contributed by atoms with Gasteiger partial charge in [-0.15, -0.1) is 5.10 Å². The standard InChI is InChI=1S/C8H8Br2N4S2/c1-2-3-5-11-4-14(13-5)16-8-12-6(9)7(10)15-8/h4H,2-3H2,1H3. The molecule has 86 valence electrons. The van der Waals surface area contributed by atoms with Gasteiger partial charge in [-0.25, -0.2) is 9.97 Å². The highest BCUT2D eigenvalue weighted by molar-refractivity contribution is 9.13. The number of halogens is 2. The van der Waals surface area contributed by atoms with Crippen LogP contribution in [-0.2, 0) is 6.42 Å². The zero-order valence-corrected chi connectivity index (χ0v) is 13.2. The van der Waals surface area contributed by atoms with Gasteiger partial charge < -0.3 is 0 Å². The first-order valence-corrected chi connectivity index (χ1v) is 7.77. The molecule has 0 bridgehead atoms. The van der Waals surface area contributed by atoms with E-state index in [0.717, 1.165) is 31.4 Å². The number of aryl methyl sites for hydroxylation is 1. The Balaban J connectivity index is 2.08. The summed E-state index contributed by atoms with van der Waals surface area (Å²) in [4.78, 5) is 8.54. The average Bonchev–Trinajstić information content (AvgIpc) is 2.77. The van der Waals surface area contributed by atoms with Gasteiger partial charge in [-0.1, -0.05) is 18.3 Å². The SMILES string of the molecule is CCCc1ncn(Sc2nc(Br)c(Br)s2)n1. The molecule has 0 aliphatic heterocycles. The topological polar surface area (TPSA) is 43.6 Å². The molecule has 0 saturated heterocycles. The first-order chi connectivity index (χ1) is 7.69. The van der Waals surface area contributed by atoms with Crippen LogP contribution in [0.15, 0.2) is 19.1 Å². The van der Waals surface area contributed by atoms with Crippen LogP contribution in [0.5, 0.6) is 0 Å². The van der Waals surface area contributed by atoms with Crippen LogP contribution >= 0.6 is 55.1 Å². The first kappa shape index (κ1) is 12.5. The predicted octanol–water partition coefficient (Wildman–Crippen LogP) is 3.77. The molecule has 2 aromatic rings. The Morgan fingerprint density at radius 1 is 1.50 bits per heavy atom. The average molecular weight is 384 g/mol. The minimum Gasteiger partial charge on any atom is -0.220 e. The van der Waals surface area contributed by atoms with Crippen molar-refractivity contribution in [2.75, 3.05) is 0 Å². The molecule has 2 aromatic heterocycles. The van der Waals surface area contributed by atoms with Crippen molar-refractivity contribution >= 4 is 55.1 Å². The molecule has 0 aliphatic carbocycles. The Morgan fingerprint density at radius 3 is 2.94 bits per heavy atom. The summed E-state index contributed by atoms with van der Waals surface area (Å²) in [6, 6.07) is 0. The minimum atomic E-state index is 0.828. The Hall–Kier alpha value is 0.0800. The highest BCUT2D eigenvalue weighted by atomic mass is 79.9. The van der Waals surface area contributed by atoms with Crippen molar-refractivity contribution in [2.24, 2.45) is 0 Å². The maximum Gasteiger partial charge on any atom is 0.174 e. The molecule has 8 heteroatoms. The van der Waals surface area contributed by atoms with Gasteiger partial charge in [-0.2, -0.15) is 4.09 Å². The van der Waals surface area contributed by atoms with Crippen LogP contribution in [0.3, 0.4) is 0 Å². The van der Waals surface area contributed by atoms with E-state index in [4.69, 9.17) is 0 Å². The molecular formula is C8H8Br2N4S2. The second-order valence-corrected chi connectivity index (χ2v) is 7.22. The Morgan fingerprint density at radius 2 is 2.31 bits per heavy atom. The van der Waals surface area contributed by atoms with Gasteiger partial charge in [0.05, 0.1) is 0 Å². The second-order valence-electron chi connectivity index (χ2n) is 2.95. The molecule has 0 radical (unpaired) electrons. The zero-order valence-electron chi connectivity index (χ0n) is 8.35. The molecule has 0 aliphatic rings. The van der Waals surface area contributed by atoms with Crippen LogP contribution in [0.25, 0.3) is 0 Å². The van der Waals surface area contributed by atoms with Gasteiger partial charge in [-0.3, -0.25) is 0 Å². The minimum absolute atomic E-state index is 0.828. The molecule has 0 N–H and O–H groups in total. The van der Waals surface area contributed by atoms with Crippen LogP contribution in [0.1, 0.15) is 19.2 Å². The van der Waals surface area contributed by atoms with Crippen LogP contribution in [0.4, 0.5) is 0 Å². The normalized spacial score (nSPS) is 10.9. The number of aromatic nitrogens is 4. The molecule has 0 atom stereocenters. The fourth-order valence-electron chi connectivity index (χ4n) is 1.05. The molecule has 16 heavy (non-hydrogen) atoms. The third-order valence-corrected chi connectivity index (χ3v) is 5.65. The van der Waals surface area contributed by atoms with Gasteiger partial charge in [0.15, 0.2) is 10.2 Å². The van der Waals surface area contributed by atoms with Crippen molar-refractivity contribution in [3.8, 4) is 0 Å². The van der Waals surface area contributed by atoms with Crippen LogP contribution in [-0.4, -0.2) is 19.2 Å². The zero-order chi connectivity index (χ0) is 11.5. The van der Waals surface area contributed by atoms with E-state index in [1.807, 2.05) is 0 Å². The summed E-state index contributed by atoms with van der Waals surface area (Å²) in [5, 5.41) is 4.34. The summed E-state index contributed by atoms with van der Waals surface area (Å²) in [5.41, 5.74) is 0. The van der Waals surface area contributed by atoms with Gasteiger partial charge in [0.1, 0.15) is 14.7 Å². The van der Waals surface area contributed by atoms with Crippen molar-refractivity contribution in [1.82, 2.24) is 19.2 Å². The van der Waals surface area contributed by atoms with Gasteiger partial charge in [0.25, 0.3) is 0 Å². The lowest BCUT2D eigenvalue weighted by molar-refractivity contribution is 0.831. The van der Waals surface area contributed by atoms with E-state index in [2.05, 4.69) is 53.9 Å². The largest absolute Gasteiger partial charge is 0.220 e. The molecule has 0 spiro atoms. The van der Waals surface area contributed by atoms with Gasteiger partial charge in [0.2, 0.25) is 0 Å². The number of thiazole rings is 1. The smallest absolute Gasteiger partial charge is 0.174 e. The molecule has 0 aromatic carbocycles. The monoisotopic (exact) mass is 382 g/mol. The molecule has 4 nitrogen and oxygen atoms in total. The fourth-order valence-corrected chi connectivity index (χ4v) is 4.14. The van der Waals surface area contributed by atoms with E-state index in [0.29, 0.717) is 0 Å². The summed E-state index contributed by atoms with van der Waals surface area (Å²) >= 11 is 9.79. The third-order valence-electron chi connectivity index (χ3n) is 1.69. The molecule has 0 fully saturated rings. The van der Waals surface area contributed by atoms with Crippen LogP contribution in [0.2, 0.25) is 0 Å². The molecule has 0 saturated carbocycles. The number of hydrogen-bond acceptors (Lipinski definition) is 5. The van der Waals surface area contributed by atoms with E-state index in [1.165, 1.54) is 11.9 Å². The van der Waals surface area contributed by atoms with Crippen LogP contribution < -0.4 is 0 Å². The second kappa shape index (κ2) is 5.61. The Labute approximate surface area is 118 Å².